The Morgan fingerprint density at radius 2 is 1.82 bits per heavy atom. The molecule has 6 nitrogen and oxygen atoms in total. The number of nitrogens with two attached hydrogens (primary N) is 1. The summed E-state index contributed by atoms with van der Waals surface area (Å²) in [5, 5.41) is 0.781. The van der Waals surface area contributed by atoms with Crippen LogP contribution in [-0.4, -0.2) is 35.3 Å². The lowest BCUT2D eigenvalue weighted by Crippen LogP contribution is -2.51. The SMILES string of the molecule is CCOC(=O)C(CC)N(N)C(=O)OC(C)(C)C. The van der Waals surface area contributed by atoms with Crippen LogP contribution in [0, 0.1) is 0 Å². The number of hydrogen-bond donors (Lipinski definition) is 1. The highest BCUT2D eigenvalue weighted by Gasteiger charge is 2.30. The van der Waals surface area contributed by atoms with Gasteiger partial charge in [0.15, 0.2) is 0 Å². The van der Waals surface area contributed by atoms with Crippen LogP contribution < -0.4 is 5.84 Å². The monoisotopic (exact) mass is 246 g/mol. The summed E-state index contributed by atoms with van der Waals surface area (Å²) in [4.78, 5) is 23.2. The van der Waals surface area contributed by atoms with Gasteiger partial charge in [0.25, 0.3) is 0 Å². The predicted octanol–water partition coefficient (Wildman–Crippen LogP) is 1.44. The third-order valence-corrected chi connectivity index (χ3v) is 1.89. The van der Waals surface area contributed by atoms with Crippen LogP contribution in [0.25, 0.3) is 0 Å². The summed E-state index contributed by atoms with van der Waals surface area (Å²) in [7, 11) is 0. The number of amides is 1. The van der Waals surface area contributed by atoms with Crippen molar-refractivity contribution in [2.45, 2.75) is 52.7 Å². The molecule has 0 aliphatic rings. The molecule has 0 radical (unpaired) electrons. The van der Waals surface area contributed by atoms with Gasteiger partial charge < -0.3 is 9.47 Å². The number of hydrazine groups is 1. The summed E-state index contributed by atoms with van der Waals surface area (Å²) in [5.74, 6) is 5.04. The summed E-state index contributed by atoms with van der Waals surface area (Å²) < 4.78 is 9.89. The molecule has 0 fully saturated rings. The zero-order valence-electron chi connectivity index (χ0n) is 11.1. The van der Waals surface area contributed by atoms with Crippen LogP contribution in [0.1, 0.15) is 41.0 Å². The Kier molecular flexibility index (Phi) is 5.95. The van der Waals surface area contributed by atoms with Crippen LogP contribution in [-0.2, 0) is 14.3 Å². The Bertz CT molecular complexity index is 273. The van der Waals surface area contributed by atoms with Gasteiger partial charge in [0.2, 0.25) is 0 Å². The van der Waals surface area contributed by atoms with Crippen molar-refractivity contribution in [2.75, 3.05) is 6.61 Å². The fourth-order valence-electron chi connectivity index (χ4n) is 1.16. The van der Waals surface area contributed by atoms with Gasteiger partial charge in [-0.05, 0) is 34.1 Å². The first-order chi connectivity index (χ1) is 7.72. The van der Waals surface area contributed by atoms with E-state index in [1.165, 1.54) is 0 Å². The Morgan fingerprint density at radius 1 is 1.29 bits per heavy atom. The first-order valence-corrected chi connectivity index (χ1v) is 5.66. The van der Waals surface area contributed by atoms with Gasteiger partial charge in [-0.3, -0.25) is 0 Å². The van der Waals surface area contributed by atoms with Crippen LogP contribution in [0.4, 0.5) is 4.79 Å². The number of carbonyl (C=O) groups excluding carboxylic acids is 2. The van der Waals surface area contributed by atoms with Crippen LogP contribution in [0.15, 0.2) is 0 Å². The molecule has 0 bridgehead atoms. The minimum absolute atomic E-state index is 0.248. The lowest BCUT2D eigenvalue weighted by atomic mass is 10.2. The van der Waals surface area contributed by atoms with Crippen molar-refractivity contribution in [3.05, 3.63) is 0 Å². The Balaban J connectivity index is 4.58. The number of esters is 1. The van der Waals surface area contributed by atoms with Gasteiger partial charge in [-0.1, -0.05) is 6.92 Å². The van der Waals surface area contributed by atoms with Gasteiger partial charge >= 0.3 is 12.1 Å². The number of rotatable bonds is 4. The molecule has 6 heteroatoms. The van der Waals surface area contributed by atoms with Gasteiger partial charge in [0.1, 0.15) is 11.6 Å². The molecule has 0 aliphatic carbocycles. The molecular formula is C11H22N2O4. The van der Waals surface area contributed by atoms with Crippen LogP contribution in [0.2, 0.25) is 0 Å². The normalized spacial score (nSPS) is 12.8. The second-order valence-electron chi connectivity index (χ2n) is 4.56. The van der Waals surface area contributed by atoms with E-state index in [4.69, 9.17) is 15.3 Å². The number of ether oxygens (including phenoxy) is 2. The standard InChI is InChI=1S/C11H22N2O4/c1-6-8(9(14)16-7-2)13(12)10(15)17-11(3,4)5/h8H,6-7,12H2,1-5H3. The van der Waals surface area contributed by atoms with Gasteiger partial charge in [-0.15, -0.1) is 0 Å². The van der Waals surface area contributed by atoms with E-state index in [-0.39, 0.29) is 6.61 Å². The lowest BCUT2D eigenvalue weighted by molar-refractivity contribution is -0.149. The van der Waals surface area contributed by atoms with E-state index >= 15 is 0 Å². The molecule has 0 saturated heterocycles. The minimum atomic E-state index is -0.815. The summed E-state index contributed by atoms with van der Waals surface area (Å²) in [5.41, 5.74) is -0.651. The maximum absolute atomic E-state index is 11.6. The van der Waals surface area contributed by atoms with Crippen molar-refractivity contribution in [1.29, 1.82) is 0 Å². The topological polar surface area (TPSA) is 81.9 Å². The minimum Gasteiger partial charge on any atom is -0.464 e. The van der Waals surface area contributed by atoms with E-state index in [1.54, 1.807) is 34.6 Å². The van der Waals surface area contributed by atoms with Crippen molar-refractivity contribution in [1.82, 2.24) is 5.01 Å². The molecular weight excluding hydrogens is 224 g/mol. The maximum atomic E-state index is 11.6. The Labute approximate surface area is 102 Å². The molecule has 2 N–H and O–H groups in total. The molecule has 1 unspecified atom stereocenters. The third-order valence-electron chi connectivity index (χ3n) is 1.89. The third kappa shape index (κ3) is 5.53. The average molecular weight is 246 g/mol. The van der Waals surface area contributed by atoms with Crippen molar-refractivity contribution in [3.63, 3.8) is 0 Å². The fourth-order valence-corrected chi connectivity index (χ4v) is 1.16. The largest absolute Gasteiger partial charge is 0.464 e. The summed E-state index contributed by atoms with van der Waals surface area (Å²) in [6, 6.07) is -0.815. The molecule has 1 amide bonds. The number of nitrogens with zero attached hydrogens (tertiary/aromatic N) is 1. The van der Waals surface area contributed by atoms with E-state index in [2.05, 4.69) is 0 Å². The molecule has 17 heavy (non-hydrogen) atoms. The maximum Gasteiger partial charge on any atom is 0.425 e. The van der Waals surface area contributed by atoms with Gasteiger partial charge in [0.05, 0.1) is 6.61 Å². The molecule has 0 spiro atoms. The smallest absolute Gasteiger partial charge is 0.425 e. The highest BCUT2D eigenvalue weighted by Crippen LogP contribution is 2.11. The first-order valence-electron chi connectivity index (χ1n) is 5.66. The average Bonchev–Trinajstić information content (AvgIpc) is 2.16. The van der Waals surface area contributed by atoms with Gasteiger partial charge in [-0.25, -0.2) is 20.4 Å². The zero-order chi connectivity index (χ0) is 13.6. The molecule has 100 valence electrons. The molecule has 0 heterocycles. The predicted molar refractivity (Wildman–Crippen MR) is 63.0 cm³/mol. The number of hydrogen-bond acceptors (Lipinski definition) is 5. The summed E-state index contributed by atoms with van der Waals surface area (Å²) in [6.45, 7) is 8.86. The van der Waals surface area contributed by atoms with Crippen LogP contribution >= 0.6 is 0 Å². The van der Waals surface area contributed by atoms with E-state index in [9.17, 15) is 9.59 Å². The molecule has 0 aromatic rings. The second kappa shape index (κ2) is 6.44. The zero-order valence-corrected chi connectivity index (χ0v) is 11.1. The van der Waals surface area contributed by atoms with Crippen LogP contribution in [0.5, 0.6) is 0 Å². The highest BCUT2D eigenvalue weighted by atomic mass is 16.6. The van der Waals surface area contributed by atoms with Gasteiger partial charge in [0, 0.05) is 0 Å². The lowest BCUT2D eigenvalue weighted by Gasteiger charge is -2.28. The molecule has 0 saturated carbocycles. The van der Waals surface area contributed by atoms with E-state index in [0.717, 1.165) is 5.01 Å². The van der Waals surface area contributed by atoms with E-state index < -0.39 is 23.7 Å². The second-order valence-corrected chi connectivity index (χ2v) is 4.56. The summed E-state index contributed by atoms with van der Waals surface area (Å²) >= 11 is 0. The van der Waals surface area contributed by atoms with Crippen molar-refractivity contribution >= 4 is 12.1 Å². The fraction of sp³-hybridized carbons (Fsp3) is 0.818. The summed E-state index contributed by atoms with van der Waals surface area (Å²) in [6.07, 6.45) is -0.369. The van der Waals surface area contributed by atoms with Gasteiger partial charge in [-0.2, -0.15) is 0 Å². The number of carbonyl (C=O) groups is 2. The quantitative estimate of drug-likeness (QED) is 0.351. The van der Waals surface area contributed by atoms with Crippen molar-refractivity contribution in [2.24, 2.45) is 5.84 Å². The molecule has 1 atom stereocenters. The highest BCUT2D eigenvalue weighted by molar-refractivity contribution is 5.81. The molecule has 0 aromatic heterocycles. The Morgan fingerprint density at radius 3 is 2.18 bits per heavy atom. The van der Waals surface area contributed by atoms with Crippen LogP contribution in [0.3, 0.4) is 0 Å². The molecule has 0 rings (SSSR count). The molecule has 0 aromatic carbocycles. The van der Waals surface area contributed by atoms with E-state index in [1.807, 2.05) is 0 Å². The van der Waals surface area contributed by atoms with Crippen molar-refractivity contribution in [3.8, 4) is 0 Å². The Hall–Kier alpha value is -1.30. The first kappa shape index (κ1) is 15.7. The van der Waals surface area contributed by atoms with E-state index in [0.29, 0.717) is 6.42 Å². The van der Waals surface area contributed by atoms with Crippen molar-refractivity contribution < 1.29 is 19.1 Å². The molecule has 0 aliphatic heterocycles.